The molecule has 2 rings (SSSR count). The van der Waals surface area contributed by atoms with Crippen molar-refractivity contribution in [2.24, 2.45) is 0 Å². The maximum Gasteiger partial charge on any atom is 0.0648 e. The van der Waals surface area contributed by atoms with E-state index in [4.69, 9.17) is 0 Å². The van der Waals surface area contributed by atoms with E-state index >= 15 is 0 Å². The van der Waals surface area contributed by atoms with Crippen molar-refractivity contribution in [3.8, 4) is 0 Å². The van der Waals surface area contributed by atoms with Gasteiger partial charge < -0.3 is 5.32 Å². The molecule has 0 aliphatic carbocycles. The van der Waals surface area contributed by atoms with Crippen LogP contribution in [0, 0.1) is 27.7 Å². The van der Waals surface area contributed by atoms with Crippen LogP contribution in [0.3, 0.4) is 0 Å². The lowest BCUT2D eigenvalue weighted by molar-refractivity contribution is 0.542. The molecule has 1 heterocycles. The molecule has 0 saturated carbocycles. The molecule has 0 saturated heterocycles. The first-order valence-electron chi connectivity index (χ1n) is 7.61. The third kappa shape index (κ3) is 3.88. The zero-order valence-corrected chi connectivity index (χ0v) is 13.7. The summed E-state index contributed by atoms with van der Waals surface area (Å²) < 4.78 is 0. The summed E-state index contributed by atoms with van der Waals surface area (Å²) in [5.41, 5.74) is 7.29. The third-order valence-electron chi connectivity index (χ3n) is 3.98. The Balaban J connectivity index is 2.30. The van der Waals surface area contributed by atoms with E-state index in [9.17, 15) is 0 Å². The van der Waals surface area contributed by atoms with Crippen molar-refractivity contribution in [2.75, 3.05) is 6.54 Å². The summed E-state index contributed by atoms with van der Waals surface area (Å²) in [7, 11) is 0. The van der Waals surface area contributed by atoms with E-state index in [1.165, 1.54) is 22.3 Å². The zero-order chi connectivity index (χ0) is 15.4. The second-order valence-electron chi connectivity index (χ2n) is 5.76. The SMILES string of the molecule is CCNC(Cc1ccc(C)c(C)c1)c1cc(C)nnc1C. The number of hydrogen-bond donors (Lipinski definition) is 1. The average Bonchev–Trinajstić information content (AvgIpc) is 2.45. The van der Waals surface area contributed by atoms with Crippen LogP contribution in [-0.4, -0.2) is 16.7 Å². The fraction of sp³-hybridized carbons (Fsp3) is 0.444. The Morgan fingerprint density at radius 1 is 1.00 bits per heavy atom. The van der Waals surface area contributed by atoms with E-state index in [0.717, 1.165) is 24.4 Å². The van der Waals surface area contributed by atoms with Crippen molar-refractivity contribution in [1.29, 1.82) is 0 Å². The average molecular weight is 283 g/mol. The number of aryl methyl sites for hydroxylation is 4. The number of likely N-dealkylation sites (N-methyl/N-ethyl adjacent to an activating group) is 1. The van der Waals surface area contributed by atoms with Crippen LogP contribution in [0.15, 0.2) is 24.3 Å². The van der Waals surface area contributed by atoms with Crippen LogP contribution in [0.2, 0.25) is 0 Å². The molecule has 1 aromatic heterocycles. The lowest BCUT2D eigenvalue weighted by Gasteiger charge is -2.20. The van der Waals surface area contributed by atoms with Crippen molar-refractivity contribution in [1.82, 2.24) is 15.5 Å². The molecule has 1 N–H and O–H groups in total. The van der Waals surface area contributed by atoms with E-state index in [0.29, 0.717) is 0 Å². The topological polar surface area (TPSA) is 37.8 Å². The first-order chi connectivity index (χ1) is 10.0. The molecule has 0 bridgehead atoms. The van der Waals surface area contributed by atoms with E-state index in [1.54, 1.807) is 0 Å². The minimum atomic E-state index is 0.284. The maximum absolute atomic E-state index is 4.27. The van der Waals surface area contributed by atoms with Gasteiger partial charge in [0, 0.05) is 6.04 Å². The largest absolute Gasteiger partial charge is 0.310 e. The van der Waals surface area contributed by atoms with Gasteiger partial charge in [-0.15, -0.1) is 0 Å². The number of hydrogen-bond acceptors (Lipinski definition) is 3. The highest BCUT2D eigenvalue weighted by Gasteiger charge is 2.15. The van der Waals surface area contributed by atoms with Gasteiger partial charge in [0.1, 0.15) is 0 Å². The number of aromatic nitrogens is 2. The lowest BCUT2D eigenvalue weighted by atomic mass is 9.95. The Bertz CT molecular complexity index is 620. The maximum atomic E-state index is 4.27. The van der Waals surface area contributed by atoms with Gasteiger partial charge in [0.15, 0.2) is 0 Å². The van der Waals surface area contributed by atoms with E-state index < -0.39 is 0 Å². The summed E-state index contributed by atoms with van der Waals surface area (Å²) in [6.07, 6.45) is 0.973. The Morgan fingerprint density at radius 3 is 2.43 bits per heavy atom. The van der Waals surface area contributed by atoms with Gasteiger partial charge in [0.25, 0.3) is 0 Å². The molecule has 0 aliphatic rings. The highest BCUT2D eigenvalue weighted by atomic mass is 15.1. The molecular formula is C18H25N3. The number of rotatable bonds is 5. The van der Waals surface area contributed by atoms with E-state index in [-0.39, 0.29) is 6.04 Å². The van der Waals surface area contributed by atoms with Crippen molar-refractivity contribution < 1.29 is 0 Å². The van der Waals surface area contributed by atoms with Gasteiger partial charge >= 0.3 is 0 Å². The van der Waals surface area contributed by atoms with Crippen LogP contribution in [0.25, 0.3) is 0 Å². The van der Waals surface area contributed by atoms with E-state index in [1.807, 2.05) is 13.8 Å². The second-order valence-corrected chi connectivity index (χ2v) is 5.76. The molecule has 0 radical (unpaired) electrons. The zero-order valence-electron chi connectivity index (χ0n) is 13.7. The molecule has 1 unspecified atom stereocenters. The summed E-state index contributed by atoms with van der Waals surface area (Å²) >= 11 is 0. The van der Waals surface area contributed by atoms with Crippen molar-refractivity contribution in [3.05, 3.63) is 57.9 Å². The van der Waals surface area contributed by atoms with Crippen LogP contribution in [0.1, 0.15) is 46.6 Å². The minimum absolute atomic E-state index is 0.284. The smallest absolute Gasteiger partial charge is 0.0648 e. The minimum Gasteiger partial charge on any atom is -0.310 e. The summed E-state index contributed by atoms with van der Waals surface area (Å²) in [6.45, 7) is 11.4. The number of benzene rings is 1. The lowest BCUT2D eigenvalue weighted by Crippen LogP contribution is -2.24. The first kappa shape index (κ1) is 15.6. The molecule has 0 fully saturated rings. The molecule has 0 spiro atoms. The molecule has 3 heteroatoms. The summed E-state index contributed by atoms with van der Waals surface area (Å²) in [4.78, 5) is 0. The number of nitrogens with zero attached hydrogens (tertiary/aromatic N) is 2. The van der Waals surface area contributed by atoms with Crippen molar-refractivity contribution >= 4 is 0 Å². The fourth-order valence-corrected chi connectivity index (χ4v) is 2.63. The molecule has 2 aromatic rings. The fourth-order valence-electron chi connectivity index (χ4n) is 2.63. The van der Waals surface area contributed by atoms with Crippen LogP contribution < -0.4 is 5.32 Å². The van der Waals surface area contributed by atoms with Gasteiger partial charge in [0.05, 0.1) is 11.4 Å². The first-order valence-corrected chi connectivity index (χ1v) is 7.61. The van der Waals surface area contributed by atoms with Gasteiger partial charge in [-0.1, -0.05) is 25.1 Å². The normalized spacial score (nSPS) is 12.4. The number of nitrogens with one attached hydrogen (secondary N) is 1. The predicted molar refractivity (Wildman–Crippen MR) is 87.5 cm³/mol. The van der Waals surface area contributed by atoms with Crippen molar-refractivity contribution in [3.63, 3.8) is 0 Å². The second kappa shape index (κ2) is 6.81. The van der Waals surface area contributed by atoms with Gasteiger partial charge in [-0.3, -0.25) is 0 Å². The van der Waals surface area contributed by atoms with Crippen LogP contribution >= 0.6 is 0 Å². The van der Waals surface area contributed by atoms with Gasteiger partial charge in [-0.2, -0.15) is 10.2 Å². The summed E-state index contributed by atoms with van der Waals surface area (Å²) in [6, 6.07) is 9.15. The molecule has 0 aliphatic heterocycles. The standard InChI is InChI=1S/C18H25N3/c1-6-19-18(17-10-14(4)20-21-15(17)5)11-16-8-7-12(2)13(3)9-16/h7-10,18-19H,6,11H2,1-5H3. The summed E-state index contributed by atoms with van der Waals surface area (Å²) in [5.74, 6) is 0. The van der Waals surface area contributed by atoms with E-state index in [2.05, 4.69) is 60.6 Å². The molecule has 112 valence electrons. The van der Waals surface area contributed by atoms with Crippen LogP contribution in [0.4, 0.5) is 0 Å². The van der Waals surface area contributed by atoms with Gasteiger partial charge in [-0.05, 0) is 69.0 Å². The molecular weight excluding hydrogens is 258 g/mol. The molecule has 21 heavy (non-hydrogen) atoms. The molecule has 1 atom stereocenters. The Morgan fingerprint density at radius 2 is 1.76 bits per heavy atom. The molecule has 1 aromatic carbocycles. The quantitative estimate of drug-likeness (QED) is 0.911. The third-order valence-corrected chi connectivity index (χ3v) is 3.98. The molecule has 3 nitrogen and oxygen atoms in total. The van der Waals surface area contributed by atoms with Crippen LogP contribution in [-0.2, 0) is 6.42 Å². The molecule has 0 amide bonds. The highest BCUT2D eigenvalue weighted by molar-refractivity contribution is 5.32. The van der Waals surface area contributed by atoms with Gasteiger partial charge in [0.2, 0.25) is 0 Å². The Hall–Kier alpha value is -1.74. The predicted octanol–water partition coefficient (Wildman–Crippen LogP) is 3.60. The monoisotopic (exact) mass is 283 g/mol. The Kier molecular flexibility index (Phi) is 5.07. The Labute approximate surface area is 127 Å². The van der Waals surface area contributed by atoms with Gasteiger partial charge in [-0.25, -0.2) is 0 Å². The van der Waals surface area contributed by atoms with Crippen molar-refractivity contribution in [2.45, 2.75) is 47.1 Å². The highest BCUT2D eigenvalue weighted by Crippen LogP contribution is 2.22. The van der Waals surface area contributed by atoms with Crippen LogP contribution in [0.5, 0.6) is 0 Å². The summed E-state index contributed by atoms with van der Waals surface area (Å²) in [5, 5.41) is 12.0.